The zero-order valence-electron chi connectivity index (χ0n) is 13.1. The normalized spacial score (nSPS) is 13.8. The highest BCUT2D eigenvalue weighted by molar-refractivity contribution is 7.89. The Morgan fingerprint density at radius 3 is 2.26 bits per heavy atom. The highest BCUT2D eigenvalue weighted by Gasteiger charge is 2.17. The predicted octanol–water partition coefficient (Wildman–Crippen LogP) is 2.55. The number of sulfonamides is 1. The van der Waals surface area contributed by atoms with Gasteiger partial charge in [0, 0.05) is 6.54 Å². The van der Waals surface area contributed by atoms with Crippen LogP contribution in [0.25, 0.3) is 0 Å². The maximum Gasteiger partial charge on any atom is 0.240 e. The van der Waals surface area contributed by atoms with Gasteiger partial charge in [0.15, 0.2) is 11.5 Å². The van der Waals surface area contributed by atoms with Gasteiger partial charge in [0.1, 0.15) is 13.2 Å². The molecule has 1 aliphatic heterocycles. The van der Waals surface area contributed by atoms with Crippen LogP contribution < -0.4 is 14.2 Å². The number of ether oxygens (including phenoxy) is 2. The van der Waals surface area contributed by atoms with E-state index in [0.29, 0.717) is 24.7 Å². The first kappa shape index (κ1) is 15.8. The molecule has 0 amide bonds. The summed E-state index contributed by atoms with van der Waals surface area (Å²) in [6, 6.07) is 10.5. The van der Waals surface area contributed by atoms with Crippen molar-refractivity contribution in [2.45, 2.75) is 25.3 Å². The van der Waals surface area contributed by atoms with E-state index in [1.165, 1.54) is 0 Å². The van der Waals surface area contributed by atoms with E-state index in [4.69, 9.17) is 9.47 Å². The molecule has 1 heterocycles. The Hall–Kier alpha value is -2.05. The minimum absolute atomic E-state index is 0.207. The van der Waals surface area contributed by atoms with Crippen LogP contribution in [0.15, 0.2) is 41.3 Å². The quantitative estimate of drug-likeness (QED) is 0.934. The molecule has 0 radical (unpaired) electrons. The predicted molar refractivity (Wildman–Crippen MR) is 87.4 cm³/mol. The van der Waals surface area contributed by atoms with E-state index >= 15 is 0 Å². The van der Waals surface area contributed by atoms with Gasteiger partial charge in [-0.05, 0) is 49.2 Å². The third-order valence-electron chi connectivity index (χ3n) is 3.78. The second-order valence-electron chi connectivity index (χ2n) is 5.56. The van der Waals surface area contributed by atoms with Gasteiger partial charge < -0.3 is 9.47 Å². The van der Waals surface area contributed by atoms with Crippen molar-refractivity contribution in [1.82, 2.24) is 4.72 Å². The van der Waals surface area contributed by atoms with Gasteiger partial charge >= 0.3 is 0 Å². The lowest BCUT2D eigenvalue weighted by molar-refractivity contribution is 0.171. The van der Waals surface area contributed by atoms with Gasteiger partial charge in [-0.15, -0.1) is 0 Å². The van der Waals surface area contributed by atoms with E-state index < -0.39 is 10.0 Å². The Morgan fingerprint density at radius 2 is 1.61 bits per heavy atom. The fourth-order valence-corrected chi connectivity index (χ4v) is 3.40. The van der Waals surface area contributed by atoms with Crippen LogP contribution in [0, 0.1) is 13.8 Å². The molecule has 2 aromatic rings. The maximum absolute atomic E-state index is 12.3. The zero-order chi connectivity index (χ0) is 16.4. The lowest BCUT2D eigenvalue weighted by Crippen LogP contribution is -2.24. The van der Waals surface area contributed by atoms with Crippen LogP contribution in [0.3, 0.4) is 0 Å². The molecule has 0 unspecified atom stereocenters. The Kier molecular flexibility index (Phi) is 4.28. The third-order valence-corrected chi connectivity index (χ3v) is 5.20. The Bertz CT molecular complexity index is 813. The Balaban J connectivity index is 1.78. The van der Waals surface area contributed by atoms with Gasteiger partial charge in [-0.3, -0.25) is 0 Å². The molecule has 0 spiro atoms. The van der Waals surface area contributed by atoms with Crippen molar-refractivity contribution in [3.05, 3.63) is 53.1 Å². The Morgan fingerprint density at radius 1 is 1.00 bits per heavy atom. The van der Waals surface area contributed by atoms with Crippen molar-refractivity contribution in [3.8, 4) is 11.5 Å². The minimum Gasteiger partial charge on any atom is -0.486 e. The fraction of sp³-hybridized carbons (Fsp3) is 0.294. The van der Waals surface area contributed by atoms with E-state index in [1.54, 1.807) is 24.3 Å². The molecule has 1 aliphatic rings. The standard InChI is InChI=1S/C17H19NO4S/c1-12-3-5-15(6-4-12)23(19,20)18-11-14-10-17-16(9-13(14)2)21-7-8-22-17/h3-6,9-10,18H,7-8,11H2,1-2H3. The number of aryl methyl sites for hydroxylation is 2. The van der Waals surface area contributed by atoms with E-state index in [2.05, 4.69) is 4.72 Å². The van der Waals surface area contributed by atoms with Crippen LogP contribution in [-0.4, -0.2) is 21.6 Å². The average Bonchev–Trinajstić information content (AvgIpc) is 2.53. The summed E-state index contributed by atoms with van der Waals surface area (Å²) < 4.78 is 38.4. The van der Waals surface area contributed by atoms with Gasteiger partial charge in [0.2, 0.25) is 10.0 Å². The summed E-state index contributed by atoms with van der Waals surface area (Å²) in [5.41, 5.74) is 2.84. The van der Waals surface area contributed by atoms with Crippen molar-refractivity contribution in [2.75, 3.05) is 13.2 Å². The van der Waals surface area contributed by atoms with E-state index in [-0.39, 0.29) is 11.4 Å². The van der Waals surface area contributed by atoms with Gasteiger partial charge in [-0.1, -0.05) is 17.7 Å². The lowest BCUT2D eigenvalue weighted by atomic mass is 10.1. The van der Waals surface area contributed by atoms with Crippen LogP contribution >= 0.6 is 0 Å². The molecule has 0 saturated heterocycles. The SMILES string of the molecule is Cc1ccc(S(=O)(=O)NCc2cc3c(cc2C)OCCO3)cc1. The highest BCUT2D eigenvalue weighted by atomic mass is 32.2. The summed E-state index contributed by atoms with van der Waals surface area (Å²) in [5.74, 6) is 1.37. The van der Waals surface area contributed by atoms with Crippen LogP contribution in [0.5, 0.6) is 11.5 Å². The van der Waals surface area contributed by atoms with E-state index in [9.17, 15) is 8.42 Å². The van der Waals surface area contributed by atoms with Crippen molar-refractivity contribution in [1.29, 1.82) is 0 Å². The molecule has 0 saturated carbocycles. The smallest absolute Gasteiger partial charge is 0.240 e. The van der Waals surface area contributed by atoms with E-state index in [0.717, 1.165) is 16.7 Å². The van der Waals surface area contributed by atoms with Crippen LogP contribution in [0.2, 0.25) is 0 Å². The summed E-state index contributed by atoms with van der Waals surface area (Å²) >= 11 is 0. The van der Waals surface area contributed by atoms with Crippen LogP contribution in [-0.2, 0) is 16.6 Å². The summed E-state index contributed by atoms with van der Waals surface area (Å²) in [6.07, 6.45) is 0. The monoisotopic (exact) mass is 333 g/mol. The molecule has 0 aromatic heterocycles. The second kappa shape index (κ2) is 6.22. The molecule has 0 aliphatic carbocycles. The van der Waals surface area contributed by atoms with Crippen molar-refractivity contribution < 1.29 is 17.9 Å². The molecule has 23 heavy (non-hydrogen) atoms. The number of rotatable bonds is 4. The number of fused-ring (bicyclic) bond motifs is 1. The topological polar surface area (TPSA) is 64.6 Å². The van der Waals surface area contributed by atoms with Crippen molar-refractivity contribution in [3.63, 3.8) is 0 Å². The van der Waals surface area contributed by atoms with Crippen molar-refractivity contribution >= 4 is 10.0 Å². The van der Waals surface area contributed by atoms with Gasteiger partial charge in [0.25, 0.3) is 0 Å². The van der Waals surface area contributed by atoms with E-state index in [1.807, 2.05) is 26.0 Å². The second-order valence-corrected chi connectivity index (χ2v) is 7.33. The first-order chi connectivity index (χ1) is 11.0. The molecule has 0 atom stereocenters. The number of hydrogen-bond acceptors (Lipinski definition) is 4. The highest BCUT2D eigenvalue weighted by Crippen LogP contribution is 2.33. The number of nitrogens with one attached hydrogen (secondary N) is 1. The van der Waals surface area contributed by atoms with Gasteiger partial charge in [0.05, 0.1) is 4.90 Å². The number of benzene rings is 2. The summed E-state index contributed by atoms with van der Waals surface area (Å²) in [4.78, 5) is 0.262. The number of hydrogen-bond donors (Lipinski definition) is 1. The molecular weight excluding hydrogens is 314 g/mol. The average molecular weight is 333 g/mol. The molecule has 0 fully saturated rings. The maximum atomic E-state index is 12.3. The molecule has 122 valence electrons. The minimum atomic E-state index is -3.54. The molecule has 1 N–H and O–H groups in total. The molecule has 5 nitrogen and oxygen atoms in total. The molecule has 0 bridgehead atoms. The first-order valence-corrected chi connectivity index (χ1v) is 8.89. The molecular formula is C17H19NO4S. The summed E-state index contributed by atoms with van der Waals surface area (Å²) in [6.45, 7) is 5.09. The van der Waals surface area contributed by atoms with Gasteiger partial charge in [-0.2, -0.15) is 0 Å². The largest absolute Gasteiger partial charge is 0.486 e. The van der Waals surface area contributed by atoms with Crippen LogP contribution in [0.4, 0.5) is 0 Å². The van der Waals surface area contributed by atoms with Crippen LogP contribution in [0.1, 0.15) is 16.7 Å². The third kappa shape index (κ3) is 3.48. The molecule has 6 heteroatoms. The zero-order valence-corrected chi connectivity index (χ0v) is 13.9. The van der Waals surface area contributed by atoms with Gasteiger partial charge in [-0.25, -0.2) is 13.1 Å². The molecule has 2 aromatic carbocycles. The fourth-order valence-electron chi connectivity index (χ4n) is 2.40. The Labute approximate surface area is 136 Å². The first-order valence-electron chi connectivity index (χ1n) is 7.41. The van der Waals surface area contributed by atoms with Crippen molar-refractivity contribution in [2.24, 2.45) is 0 Å². The summed E-state index contributed by atoms with van der Waals surface area (Å²) in [5, 5.41) is 0. The summed E-state index contributed by atoms with van der Waals surface area (Å²) in [7, 11) is -3.54. The lowest BCUT2D eigenvalue weighted by Gasteiger charge is -2.20. The molecule has 3 rings (SSSR count).